The highest BCUT2D eigenvalue weighted by Crippen LogP contribution is 2.02. The summed E-state index contributed by atoms with van der Waals surface area (Å²) >= 11 is 0. The minimum Gasteiger partial charge on any atom is -0.512 e. The average Bonchev–Trinajstić information content (AvgIpc) is 1.82. The van der Waals surface area contributed by atoms with Crippen molar-refractivity contribution in [1.82, 2.24) is 0 Å². The van der Waals surface area contributed by atoms with Crippen LogP contribution in [-0.2, 0) is 4.79 Å². The van der Waals surface area contributed by atoms with E-state index in [-0.39, 0.29) is 11.5 Å². The summed E-state index contributed by atoms with van der Waals surface area (Å²) in [7, 11) is 0. The number of hydrogen-bond donors (Lipinski definition) is 1. The van der Waals surface area contributed by atoms with Crippen molar-refractivity contribution >= 4 is 5.78 Å². The summed E-state index contributed by atoms with van der Waals surface area (Å²) in [6, 6.07) is 0. The van der Waals surface area contributed by atoms with E-state index in [0.29, 0.717) is 6.42 Å². The molecule has 0 rings (SSSR count). The predicted octanol–water partition coefficient (Wildman–Crippen LogP) is 2.21. The molecule has 0 aliphatic rings. The summed E-state index contributed by atoms with van der Waals surface area (Å²) in [4.78, 5) is 10.4. The van der Waals surface area contributed by atoms with E-state index in [4.69, 9.17) is 5.11 Å². The second kappa shape index (κ2) is 5.03. The van der Waals surface area contributed by atoms with E-state index in [1.165, 1.54) is 13.0 Å². The highest BCUT2D eigenvalue weighted by atomic mass is 16.3. The first kappa shape index (κ1) is 9.21. The number of carbonyl (C=O) groups is 1. The Bertz CT molecular complexity index is 136. The first-order valence-corrected chi connectivity index (χ1v) is 3.57. The monoisotopic (exact) mass is 142 g/mol. The molecule has 0 aromatic heterocycles. The smallest absolute Gasteiger partial charge is 0.155 e. The van der Waals surface area contributed by atoms with E-state index in [1.807, 2.05) is 6.92 Å². The summed E-state index contributed by atoms with van der Waals surface area (Å²) < 4.78 is 0. The van der Waals surface area contributed by atoms with Crippen molar-refractivity contribution in [3.63, 3.8) is 0 Å². The molecule has 0 aliphatic heterocycles. The maximum atomic E-state index is 10.4. The Labute approximate surface area is 61.6 Å². The van der Waals surface area contributed by atoms with Gasteiger partial charge in [0.05, 0.1) is 5.76 Å². The molecule has 0 saturated heterocycles. The third kappa shape index (κ3) is 5.35. The van der Waals surface area contributed by atoms with E-state index < -0.39 is 0 Å². The van der Waals surface area contributed by atoms with Crippen LogP contribution in [0.15, 0.2) is 11.8 Å². The summed E-state index contributed by atoms with van der Waals surface area (Å²) in [6.45, 7) is 3.48. The molecule has 0 spiro atoms. The Morgan fingerprint density at radius 2 is 2.20 bits per heavy atom. The van der Waals surface area contributed by atoms with E-state index in [2.05, 4.69) is 0 Å². The van der Waals surface area contributed by atoms with Crippen molar-refractivity contribution < 1.29 is 9.90 Å². The first-order chi connectivity index (χ1) is 4.66. The third-order valence-electron chi connectivity index (χ3n) is 1.16. The van der Waals surface area contributed by atoms with E-state index in [1.54, 1.807) is 0 Å². The molecule has 2 heteroatoms. The molecule has 1 N–H and O–H groups in total. The van der Waals surface area contributed by atoms with Crippen LogP contribution in [-0.4, -0.2) is 10.9 Å². The molecule has 0 amide bonds. The number of hydrogen-bond acceptors (Lipinski definition) is 2. The largest absolute Gasteiger partial charge is 0.512 e. The van der Waals surface area contributed by atoms with Crippen molar-refractivity contribution in [2.24, 2.45) is 0 Å². The first-order valence-electron chi connectivity index (χ1n) is 3.57. The highest BCUT2D eigenvalue weighted by Gasteiger charge is 1.93. The van der Waals surface area contributed by atoms with Crippen LogP contribution >= 0.6 is 0 Å². The molecule has 0 fully saturated rings. The standard InChI is InChI=1S/C8H14O2/c1-3-4-5-8(10)6-7(2)9/h6,10H,3-5H2,1-2H3. The second-order valence-corrected chi connectivity index (χ2v) is 2.35. The van der Waals surface area contributed by atoms with Gasteiger partial charge < -0.3 is 5.11 Å². The topological polar surface area (TPSA) is 37.3 Å². The number of allylic oxidation sites excluding steroid dienone is 2. The Morgan fingerprint density at radius 1 is 1.60 bits per heavy atom. The summed E-state index contributed by atoms with van der Waals surface area (Å²) in [5.41, 5.74) is 0. The van der Waals surface area contributed by atoms with Crippen molar-refractivity contribution in [2.45, 2.75) is 33.1 Å². The van der Waals surface area contributed by atoms with Crippen LogP contribution in [0.25, 0.3) is 0 Å². The molecule has 0 radical (unpaired) electrons. The van der Waals surface area contributed by atoms with Gasteiger partial charge in [0.2, 0.25) is 0 Å². The van der Waals surface area contributed by atoms with Gasteiger partial charge in [-0.05, 0) is 13.3 Å². The van der Waals surface area contributed by atoms with Crippen LogP contribution in [0, 0.1) is 0 Å². The molecule has 2 nitrogen and oxygen atoms in total. The zero-order valence-electron chi connectivity index (χ0n) is 6.55. The summed E-state index contributed by atoms with van der Waals surface area (Å²) in [5, 5.41) is 8.99. The van der Waals surface area contributed by atoms with Gasteiger partial charge in [-0.15, -0.1) is 0 Å². The van der Waals surface area contributed by atoms with Crippen LogP contribution in [0.3, 0.4) is 0 Å². The molecule has 0 bridgehead atoms. The van der Waals surface area contributed by atoms with Crippen molar-refractivity contribution in [1.29, 1.82) is 0 Å². The number of carbonyl (C=O) groups excluding carboxylic acids is 1. The van der Waals surface area contributed by atoms with Gasteiger partial charge in [0.1, 0.15) is 0 Å². The van der Waals surface area contributed by atoms with Gasteiger partial charge in [-0.2, -0.15) is 0 Å². The normalized spacial score (nSPS) is 11.6. The number of rotatable bonds is 4. The minimum atomic E-state index is -0.0893. The summed E-state index contributed by atoms with van der Waals surface area (Å²) in [6.07, 6.45) is 3.87. The van der Waals surface area contributed by atoms with E-state index >= 15 is 0 Å². The maximum Gasteiger partial charge on any atom is 0.155 e. The van der Waals surface area contributed by atoms with Crippen molar-refractivity contribution in [2.75, 3.05) is 0 Å². The maximum absolute atomic E-state index is 10.4. The lowest BCUT2D eigenvalue weighted by atomic mass is 10.2. The van der Waals surface area contributed by atoms with Crippen molar-refractivity contribution in [3.8, 4) is 0 Å². The lowest BCUT2D eigenvalue weighted by molar-refractivity contribution is -0.112. The van der Waals surface area contributed by atoms with Crippen LogP contribution in [0.1, 0.15) is 33.1 Å². The Morgan fingerprint density at radius 3 is 2.60 bits per heavy atom. The van der Waals surface area contributed by atoms with Crippen LogP contribution in [0.4, 0.5) is 0 Å². The number of unbranched alkanes of at least 4 members (excludes halogenated alkanes) is 1. The van der Waals surface area contributed by atoms with Crippen LogP contribution in [0.5, 0.6) is 0 Å². The van der Waals surface area contributed by atoms with Crippen LogP contribution < -0.4 is 0 Å². The lowest BCUT2D eigenvalue weighted by Crippen LogP contribution is -1.87. The van der Waals surface area contributed by atoms with Gasteiger partial charge in [-0.25, -0.2) is 0 Å². The zero-order valence-corrected chi connectivity index (χ0v) is 6.55. The molecule has 0 aromatic carbocycles. The van der Waals surface area contributed by atoms with Gasteiger partial charge in [0.15, 0.2) is 5.78 Å². The predicted molar refractivity (Wildman–Crippen MR) is 40.9 cm³/mol. The molecule has 0 unspecified atom stereocenters. The highest BCUT2D eigenvalue weighted by molar-refractivity contribution is 5.87. The van der Waals surface area contributed by atoms with Gasteiger partial charge >= 0.3 is 0 Å². The Kier molecular flexibility index (Phi) is 4.63. The molecule has 10 heavy (non-hydrogen) atoms. The van der Waals surface area contributed by atoms with Gasteiger partial charge in [0, 0.05) is 12.5 Å². The average molecular weight is 142 g/mol. The van der Waals surface area contributed by atoms with E-state index in [9.17, 15) is 4.79 Å². The molecule has 0 aromatic rings. The SMILES string of the molecule is CCCCC(O)=CC(C)=O. The fourth-order valence-electron chi connectivity index (χ4n) is 0.665. The molecular weight excluding hydrogens is 128 g/mol. The van der Waals surface area contributed by atoms with E-state index in [0.717, 1.165) is 12.8 Å². The number of aliphatic hydroxyl groups is 1. The van der Waals surface area contributed by atoms with Crippen molar-refractivity contribution in [3.05, 3.63) is 11.8 Å². The molecule has 0 saturated carbocycles. The van der Waals surface area contributed by atoms with Gasteiger partial charge in [-0.3, -0.25) is 4.79 Å². The lowest BCUT2D eigenvalue weighted by Gasteiger charge is -1.94. The molecule has 0 heterocycles. The fourth-order valence-corrected chi connectivity index (χ4v) is 0.665. The molecule has 58 valence electrons. The third-order valence-corrected chi connectivity index (χ3v) is 1.16. The summed E-state index contributed by atoms with van der Waals surface area (Å²) in [5.74, 6) is 0.114. The second-order valence-electron chi connectivity index (χ2n) is 2.35. The van der Waals surface area contributed by atoms with Gasteiger partial charge in [-0.1, -0.05) is 13.3 Å². The Hall–Kier alpha value is -0.790. The number of aliphatic hydroxyl groups excluding tert-OH is 1. The fraction of sp³-hybridized carbons (Fsp3) is 0.625. The Balaban J connectivity index is 3.60. The molecular formula is C8H14O2. The molecule has 0 aliphatic carbocycles. The quantitative estimate of drug-likeness (QED) is 0.482. The van der Waals surface area contributed by atoms with Crippen LogP contribution in [0.2, 0.25) is 0 Å². The zero-order chi connectivity index (χ0) is 7.98. The minimum absolute atomic E-state index is 0.0893. The van der Waals surface area contributed by atoms with Gasteiger partial charge in [0.25, 0.3) is 0 Å². The molecule has 0 atom stereocenters. The number of ketones is 1.